The molecule has 0 saturated carbocycles. The number of carbonyl (C=O) groups excluding carboxylic acids is 1. The second-order valence-electron chi connectivity index (χ2n) is 8.21. The number of amides is 1. The van der Waals surface area contributed by atoms with Gasteiger partial charge in [-0.1, -0.05) is 30.3 Å². The first-order valence-corrected chi connectivity index (χ1v) is 9.85. The second kappa shape index (κ2) is 6.73. The molecule has 142 valence electrons. The maximum atomic E-state index is 12.8. The fraction of sp³-hybridized carbons (Fsp3) is 0.550. The van der Waals surface area contributed by atoms with Gasteiger partial charge in [-0.05, 0) is 5.56 Å². The Hall–Kier alpha value is -2.25. The van der Waals surface area contributed by atoms with Crippen molar-refractivity contribution in [1.29, 1.82) is 0 Å². The molecule has 6 rings (SSSR count). The molecule has 1 N–H and O–H groups in total. The fourth-order valence-corrected chi connectivity index (χ4v) is 5.38. The van der Waals surface area contributed by atoms with Crippen LogP contribution in [0.1, 0.15) is 12.0 Å². The minimum Gasteiger partial charge on any atom is -0.352 e. The smallest absolute Gasteiger partial charge is 0.222 e. The highest BCUT2D eigenvalue weighted by Gasteiger charge is 2.55. The predicted octanol–water partition coefficient (Wildman–Crippen LogP) is 0.352. The highest BCUT2D eigenvalue weighted by atomic mass is 16.1. The van der Waals surface area contributed by atoms with Gasteiger partial charge >= 0.3 is 0 Å². The van der Waals surface area contributed by atoms with E-state index in [2.05, 4.69) is 55.5 Å². The minimum absolute atomic E-state index is 0.0260. The van der Waals surface area contributed by atoms with Crippen LogP contribution in [0.2, 0.25) is 0 Å². The van der Waals surface area contributed by atoms with E-state index in [1.165, 1.54) is 11.9 Å². The number of piperidine rings is 2. The van der Waals surface area contributed by atoms with E-state index in [9.17, 15) is 4.79 Å². The first kappa shape index (κ1) is 16.9. The number of hydrogen-bond acceptors (Lipinski definition) is 5. The van der Waals surface area contributed by atoms with Gasteiger partial charge in [0.2, 0.25) is 5.91 Å². The van der Waals surface area contributed by atoms with Crippen LogP contribution in [-0.2, 0) is 16.8 Å². The number of aryl methyl sites for hydroxylation is 1. The minimum atomic E-state index is -0.0260. The third kappa shape index (κ3) is 3.04. The summed E-state index contributed by atoms with van der Waals surface area (Å²) < 4.78 is 1.71. The Kier molecular flexibility index (Phi) is 4.21. The largest absolute Gasteiger partial charge is 0.352 e. The van der Waals surface area contributed by atoms with Gasteiger partial charge in [-0.25, -0.2) is 4.98 Å². The van der Waals surface area contributed by atoms with E-state index in [1.807, 2.05) is 0 Å². The van der Waals surface area contributed by atoms with Gasteiger partial charge in [0.15, 0.2) is 0 Å². The van der Waals surface area contributed by atoms with Crippen molar-refractivity contribution >= 4 is 5.91 Å². The molecule has 1 aromatic carbocycles. The topological polar surface area (TPSA) is 66.3 Å². The highest BCUT2D eigenvalue weighted by molar-refractivity contribution is 5.76. The Morgan fingerprint density at radius 3 is 2.56 bits per heavy atom. The molecule has 0 spiro atoms. The van der Waals surface area contributed by atoms with E-state index in [-0.39, 0.29) is 17.4 Å². The zero-order chi connectivity index (χ0) is 18.3. The fourth-order valence-electron chi connectivity index (χ4n) is 5.38. The highest BCUT2D eigenvalue weighted by Crippen LogP contribution is 2.43. The van der Waals surface area contributed by atoms with E-state index in [0.717, 1.165) is 39.3 Å². The third-order valence-corrected chi connectivity index (χ3v) is 6.50. The lowest BCUT2D eigenvalue weighted by Crippen LogP contribution is -2.70. The van der Waals surface area contributed by atoms with Gasteiger partial charge < -0.3 is 15.1 Å². The molecule has 2 aromatic rings. The summed E-state index contributed by atoms with van der Waals surface area (Å²) in [6.07, 6.45) is 3.60. The zero-order valence-corrected chi connectivity index (χ0v) is 15.5. The monoisotopic (exact) mass is 366 g/mol. The number of fused-ring (bicyclic) bond motifs is 1. The first-order chi connectivity index (χ1) is 13.2. The van der Waals surface area contributed by atoms with E-state index >= 15 is 0 Å². The van der Waals surface area contributed by atoms with Gasteiger partial charge in [-0.2, -0.15) is 5.10 Å². The number of carbonyl (C=O) groups is 1. The standard InChI is InChI=1S/C20H26N6O/c27-18(6-7-26-15-21-14-22-26)23-19-16-10-24-8-9-25(11-16)13-20(19,12-24)17-4-2-1-3-5-17/h1-5,14-16,19H,6-13H2,(H,23,27)/t16?,19-,20?/m0/s1. The molecule has 4 aliphatic heterocycles. The van der Waals surface area contributed by atoms with Crippen LogP contribution in [0.3, 0.4) is 0 Å². The molecule has 4 saturated heterocycles. The van der Waals surface area contributed by atoms with Crippen molar-refractivity contribution in [2.24, 2.45) is 5.92 Å². The van der Waals surface area contributed by atoms with E-state index in [0.29, 0.717) is 18.9 Å². The summed E-state index contributed by atoms with van der Waals surface area (Å²) >= 11 is 0. The van der Waals surface area contributed by atoms with Gasteiger partial charge in [-0.15, -0.1) is 0 Å². The predicted molar refractivity (Wildman–Crippen MR) is 101 cm³/mol. The molecule has 3 atom stereocenters. The quantitative estimate of drug-likeness (QED) is 0.827. The maximum Gasteiger partial charge on any atom is 0.222 e. The van der Waals surface area contributed by atoms with Crippen LogP contribution in [-0.4, -0.2) is 75.8 Å². The molecule has 0 aliphatic carbocycles. The van der Waals surface area contributed by atoms with E-state index in [4.69, 9.17) is 0 Å². The SMILES string of the molecule is O=C(CCn1cncn1)N[C@H]1C2CN3CCN(C2)CC1(c1ccccc1)C3. The molecule has 4 aliphatic rings. The van der Waals surface area contributed by atoms with Crippen molar-refractivity contribution in [1.82, 2.24) is 29.9 Å². The van der Waals surface area contributed by atoms with Crippen molar-refractivity contribution in [3.8, 4) is 0 Å². The van der Waals surface area contributed by atoms with Gasteiger partial charge in [-0.3, -0.25) is 9.48 Å². The molecule has 1 aromatic heterocycles. The van der Waals surface area contributed by atoms with E-state index in [1.54, 1.807) is 11.0 Å². The van der Waals surface area contributed by atoms with Crippen molar-refractivity contribution in [2.75, 3.05) is 39.3 Å². The summed E-state index contributed by atoms with van der Waals surface area (Å²) in [4.78, 5) is 21.9. The molecule has 1 amide bonds. The third-order valence-electron chi connectivity index (χ3n) is 6.50. The molecule has 4 fully saturated rings. The van der Waals surface area contributed by atoms with Crippen LogP contribution in [0.15, 0.2) is 43.0 Å². The summed E-state index contributed by atoms with van der Waals surface area (Å²) in [5.74, 6) is 0.590. The zero-order valence-electron chi connectivity index (χ0n) is 15.5. The molecule has 0 radical (unpaired) electrons. The van der Waals surface area contributed by atoms with E-state index < -0.39 is 0 Å². The number of benzene rings is 1. The van der Waals surface area contributed by atoms with Crippen molar-refractivity contribution in [3.05, 3.63) is 48.5 Å². The summed E-state index contributed by atoms with van der Waals surface area (Å²) in [6, 6.07) is 11.0. The number of rotatable bonds is 5. The molecule has 5 heterocycles. The summed E-state index contributed by atoms with van der Waals surface area (Å²) in [6.45, 7) is 7.06. The molecule has 4 bridgehead atoms. The summed E-state index contributed by atoms with van der Waals surface area (Å²) in [5.41, 5.74) is 1.33. The van der Waals surface area contributed by atoms with Gasteiger partial charge in [0.25, 0.3) is 0 Å². The summed E-state index contributed by atoms with van der Waals surface area (Å²) in [5, 5.41) is 7.53. The lowest BCUT2D eigenvalue weighted by molar-refractivity contribution is -0.124. The van der Waals surface area contributed by atoms with Crippen LogP contribution >= 0.6 is 0 Å². The Morgan fingerprint density at radius 2 is 1.89 bits per heavy atom. The Labute approximate surface area is 159 Å². The molecular formula is C20H26N6O. The Balaban J connectivity index is 1.40. The molecule has 2 unspecified atom stereocenters. The van der Waals surface area contributed by atoms with Gasteiger partial charge in [0.05, 0.1) is 6.54 Å². The number of hydrogen-bond donors (Lipinski definition) is 1. The van der Waals surface area contributed by atoms with Crippen LogP contribution in [0.4, 0.5) is 0 Å². The number of aromatic nitrogens is 3. The van der Waals surface area contributed by atoms with Crippen LogP contribution in [0, 0.1) is 5.92 Å². The van der Waals surface area contributed by atoms with Gasteiger partial charge in [0.1, 0.15) is 12.7 Å². The lowest BCUT2D eigenvalue weighted by atomic mass is 9.64. The maximum absolute atomic E-state index is 12.8. The number of nitrogens with one attached hydrogen (secondary N) is 1. The molecule has 27 heavy (non-hydrogen) atoms. The molecular weight excluding hydrogens is 340 g/mol. The first-order valence-electron chi connectivity index (χ1n) is 9.85. The van der Waals surface area contributed by atoms with Crippen LogP contribution in [0.5, 0.6) is 0 Å². The lowest BCUT2D eigenvalue weighted by Gasteiger charge is -2.55. The average Bonchev–Trinajstić information content (AvgIpc) is 3.08. The number of nitrogens with zero attached hydrogens (tertiary/aromatic N) is 5. The van der Waals surface area contributed by atoms with Crippen LogP contribution in [0.25, 0.3) is 0 Å². The van der Waals surface area contributed by atoms with Crippen molar-refractivity contribution in [2.45, 2.75) is 24.4 Å². The van der Waals surface area contributed by atoms with Crippen molar-refractivity contribution in [3.63, 3.8) is 0 Å². The normalized spacial score (nSPS) is 34.4. The average molecular weight is 366 g/mol. The summed E-state index contributed by atoms with van der Waals surface area (Å²) in [7, 11) is 0. The Bertz CT molecular complexity index is 776. The van der Waals surface area contributed by atoms with Crippen molar-refractivity contribution < 1.29 is 4.79 Å². The van der Waals surface area contributed by atoms with Crippen LogP contribution < -0.4 is 5.32 Å². The van der Waals surface area contributed by atoms with Gasteiger partial charge in [0, 0.05) is 63.1 Å². The Morgan fingerprint density at radius 1 is 1.15 bits per heavy atom. The molecule has 7 heteroatoms. The molecule has 7 nitrogen and oxygen atoms in total. The second-order valence-corrected chi connectivity index (χ2v) is 8.21.